The molecule has 0 amide bonds. The molecule has 0 bridgehead atoms. The van der Waals surface area contributed by atoms with Crippen molar-refractivity contribution in [2.24, 2.45) is 0 Å². The van der Waals surface area contributed by atoms with Gasteiger partial charge in [0.05, 0.1) is 24.3 Å². The molecule has 1 aromatic rings. The van der Waals surface area contributed by atoms with Crippen molar-refractivity contribution in [1.82, 2.24) is 9.88 Å². The van der Waals surface area contributed by atoms with Crippen LogP contribution in [0.5, 0.6) is 0 Å². The van der Waals surface area contributed by atoms with E-state index in [0.717, 1.165) is 36.6 Å². The number of hydrogen-bond acceptors (Lipinski definition) is 4. The summed E-state index contributed by atoms with van der Waals surface area (Å²) in [5, 5.41) is 12.3. The molecule has 2 heterocycles. The van der Waals surface area contributed by atoms with E-state index < -0.39 is 0 Å². The zero-order valence-electron chi connectivity index (χ0n) is 10.7. The van der Waals surface area contributed by atoms with Crippen LogP contribution in [0.3, 0.4) is 0 Å². The third-order valence-corrected chi connectivity index (χ3v) is 4.00. The lowest BCUT2D eigenvalue weighted by molar-refractivity contribution is 0.285. The van der Waals surface area contributed by atoms with Crippen LogP contribution in [0.2, 0.25) is 0 Å². The molecule has 4 heteroatoms. The van der Waals surface area contributed by atoms with Gasteiger partial charge >= 0.3 is 0 Å². The second kappa shape index (κ2) is 4.75. The lowest BCUT2D eigenvalue weighted by Gasteiger charge is -2.17. The number of nitrogens with zero attached hydrogens (tertiary/aromatic N) is 3. The lowest BCUT2D eigenvalue weighted by Crippen LogP contribution is -2.27. The van der Waals surface area contributed by atoms with Crippen LogP contribution >= 0.6 is 11.3 Å². The van der Waals surface area contributed by atoms with Gasteiger partial charge < -0.3 is 0 Å². The number of nitriles is 1. The Bertz CT molecular complexity index is 425. The van der Waals surface area contributed by atoms with Crippen LogP contribution in [-0.2, 0) is 12.0 Å². The van der Waals surface area contributed by atoms with Crippen molar-refractivity contribution in [2.45, 2.75) is 51.6 Å². The summed E-state index contributed by atoms with van der Waals surface area (Å²) in [7, 11) is 0. The zero-order valence-corrected chi connectivity index (χ0v) is 11.5. The van der Waals surface area contributed by atoms with Crippen molar-refractivity contribution < 1.29 is 0 Å². The van der Waals surface area contributed by atoms with Gasteiger partial charge in [0.15, 0.2) is 0 Å². The third kappa shape index (κ3) is 2.85. The number of aromatic nitrogens is 1. The first-order valence-electron chi connectivity index (χ1n) is 6.09. The van der Waals surface area contributed by atoms with E-state index in [1.165, 1.54) is 0 Å². The van der Waals surface area contributed by atoms with Crippen LogP contribution in [0.25, 0.3) is 0 Å². The summed E-state index contributed by atoms with van der Waals surface area (Å²) in [6.45, 7) is 8.40. The smallest absolute Gasteiger partial charge is 0.107 e. The van der Waals surface area contributed by atoms with E-state index in [9.17, 15) is 0 Å². The van der Waals surface area contributed by atoms with Crippen LogP contribution in [0, 0.1) is 11.3 Å². The largest absolute Gasteiger partial charge is 0.281 e. The third-order valence-electron chi connectivity index (χ3n) is 3.17. The molecular weight excluding hydrogens is 230 g/mol. The van der Waals surface area contributed by atoms with E-state index in [0.29, 0.717) is 0 Å². The molecule has 0 aliphatic carbocycles. The standard InChI is InChI=1S/C13H19N3S/c1-13(2,3)11-9-17-12(15-11)8-16-6-4-5-10(16)7-14/h9-10H,4-6,8H2,1-3H3. The van der Waals surface area contributed by atoms with E-state index in [1.807, 2.05) is 0 Å². The molecule has 1 aliphatic rings. The molecule has 17 heavy (non-hydrogen) atoms. The van der Waals surface area contributed by atoms with Crippen LogP contribution in [0.1, 0.15) is 44.3 Å². The molecule has 1 unspecified atom stereocenters. The van der Waals surface area contributed by atoms with Crippen molar-refractivity contribution in [3.8, 4) is 6.07 Å². The molecule has 1 fully saturated rings. The van der Waals surface area contributed by atoms with Gasteiger partial charge in [0.1, 0.15) is 5.01 Å². The maximum absolute atomic E-state index is 9.04. The fourth-order valence-corrected chi connectivity index (χ4v) is 3.11. The number of hydrogen-bond donors (Lipinski definition) is 0. The molecule has 0 spiro atoms. The predicted molar refractivity (Wildman–Crippen MR) is 69.9 cm³/mol. The monoisotopic (exact) mass is 249 g/mol. The summed E-state index contributed by atoms with van der Waals surface area (Å²) in [5.41, 5.74) is 1.28. The summed E-state index contributed by atoms with van der Waals surface area (Å²) >= 11 is 1.71. The minimum atomic E-state index is 0.0944. The summed E-state index contributed by atoms with van der Waals surface area (Å²) in [4.78, 5) is 6.92. The molecule has 3 nitrogen and oxygen atoms in total. The molecule has 0 saturated carbocycles. The molecule has 1 aliphatic heterocycles. The van der Waals surface area contributed by atoms with Gasteiger partial charge in [-0.05, 0) is 19.4 Å². The molecule has 0 radical (unpaired) electrons. The minimum Gasteiger partial charge on any atom is -0.281 e. The van der Waals surface area contributed by atoms with Gasteiger partial charge in [-0.25, -0.2) is 4.98 Å². The second-order valence-electron chi connectivity index (χ2n) is 5.63. The van der Waals surface area contributed by atoms with Crippen molar-refractivity contribution in [3.05, 3.63) is 16.1 Å². The maximum atomic E-state index is 9.04. The molecule has 0 N–H and O–H groups in total. The van der Waals surface area contributed by atoms with Gasteiger partial charge in [0, 0.05) is 10.8 Å². The normalized spacial score (nSPS) is 21.6. The molecule has 1 aromatic heterocycles. The van der Waals surface area contributed by atoms with E-state index in [4.69, 9.17) is 5.26 Å². The van der Waals surface area contributed by atoms with Gasteiger partial charge in [-0.2, -0.15) is 5.26 Å². The summed E-state index contributed by atoms with van der Waals surface area (Å²) in [6.07, 6.45) is 2.14. The highest BCUT2D eigenvalue weighted by molar-refractivity contribution is 7.09. The van der Waals surface area contributed by atoms with E-state index >= 15 is 0 Å². The molecular formula is C13H19N3S. The highest BCUT2D eigenvalue weighted by atomic mass is 32.1. The Hall–Kier alpha value is -0.920. The molecule has 0 aromatic carbocycles. The maximum Gasteiger partial charge on any atom is 0.107 e. The Labute approximate surface area is 107 Å². The summed E-state index contributed by atoms with van der Waals surface area (Å²) in [6, 6.07) is 2.47. The van der Waals surface area contributed by atoms with Crippen molar-refractivity contribution in [3.63, 3.8) is 0 Å². The van der Waals surface area contributed by atoms with E-state index in [1.54, 1.807) is 11.3 Å². The summed E-state index contributed by atoms with van der Waals surface area (Å²) in [5.74, 6) is 0. The Kier molecular flexibility index (Phi) is 3.50. The zero-order chi connectivity index (χ0) is 12.5. The van der Waals surface area contributed by atoms with Crippen molar-refractivity contribution >= 4 is 11.3 Å². The Balaban J connectivity index is 2.05. The van der Waals surface area contributed by atoms with Gasteiger partial charge in [-0.3, -0.25) is 4.90 Å². The first kappa shape index (κ1) is 12.5. The highest BCUT2D eigenvalue weighted by Crippen LogP contribution is 2.26. The number of thiazole rings is 1. The highest BCUT2D eigenvalue weighted by Gasteiger charge is 2.25. The van der Waals surface area contributed by atoms with E-state index in [2.05, 4.69) is 42.1 Å². The average Bonchev–Trinajstić information content (AvgIpc) is 2.86. The fraction of sp³-hybridized carbons (Fsp3) is 0.692. The van der Waals surface area contributed by atoms with Gasteiger partial charge in [0.25, 0.3) is 0 Å². The van der Waals surface area contributed by atoms with Gasteiger partial charge in [-0.1, -0.05) is 20.8 Å². The Morgan fingerprint density at radius 3 is 2.94 bits per heavy atom. The van der Waals surface area contributed by atoms with Crippen molar-refractivity contribution in [2.75, 3.05) is 6.54 Å². The Morgan fingerprint density at radius 2 is 2.35 bits per heavy atom. The topological polar surface area (TPSA) is 39.9 Å². The molecule has 1 atom stereocenters. The Morgan fingerprint density at radius 1 is 1.59 bits per heavy atom. The first-order valence-corrected chi connectivity index (χ1v) is 6.97. The van der Waals surface area contributed by atoms with Crippen molar-refractivity contribution in [1.29, 1.82) is 5.26 Å². The molecule has 92 valence electrons. The number of likely N-dealkylation sites (tertiary alicyclic amines) is 1. The summed E-state index contributed by atoms with van der Waals surface area (Å²) < 4.78 is 0. The van der Waals surface area contributed by atoms with E-state index in [-0.39, 0.29) is 11.5 Å². The lowest BCUT2D eigenvalue weighted by atomic mass is 9.93. The molecule has 1 saturated heterocycles. The number of rotatable bonds is 2. The quantitative estimate of drug-likeness (QED) is 0.809. The first-order chi connectivity index (χ1) is 8.00. The fourth-order valence-electron chi connectivity index (χ4n) is 2.06. The average molecular weight is 249 g/mol. The van der Waals surface area contributed by atoms with Gasteiger partial charge in [0.2, 0.25) is 0 Å². The SMILES string of the molecule is CC(C)(C)c1csc(CN2CCCC2C#N)n1. The predicted octanol–water partition coefficient (Wildman–Crippen LogP) is 2.93. The molecule has 2 rings (SSSR count). The van der Waals surface area contributed by atoms with Crippen LogP contribution in [-0.4, -0.2) is 22.5 Å². The minimum absolute atomic E-state index is 0.0944. The second-order valence-corrected chi connectivity index (χ2v) is 6.58. The van der Waals surface area contributed by atoms with Gasteiger partial charge in [-0.15, -0.1) is 11.3 Å². The van der Waals surface area contributed by atoms with Crippen LogP contribution in [0.4, 0.5) is 0 Å². The van der Waals surface area contributed by atoms with Crippen LogP contribution in [0.15, 0.2) is 5.38 Å². The van der Waals surface area contributed by atoms with Crippen LogP contribution < -0.4 is 0 Å².